The van der Waals surface area contributed by atoms with Crippen molar-refractivity contribution in [2.75, 3.05) is 11.9 Å². The van der Waals surface area contributed by atoms with E-state index in [0.29, 0.717) is 18.5 Å². The van der Waals surface area contributed by atoms with E-state index in [-0.39, 0.29) is 48.3 Å². The molecule has 6 heteroatoms. The van der Waals surface area contributed by atoms with Crippen molar-refractivity contribution in [3.8, 4) is 0 Å². The van der Waals surface area contributed by atoms with Gasteiger partial charge in [0.25, 0.3) is 0 Å². The second kappa shape index (κ2) is 6.32. The van der Waals surface area contributed by atoms with E-state index in [2.05, 4.69) is 5.32 Å². The fraction of sp³-hybridized carbons (Fsp3) is 0.353. The molecule has 23 heavy (non-hydrogen) atoms. The molecule has 1 aromatic carbocycles. The first-order chi connectivity index (χ1) is 11.1. The van der Waals surface area contributed by atoms with Crippen LogP contribution in [-0.2, 0) is 14.4 Å². The lowest BCUT2D eigenvalue weighted by atomic mass is 9.85. The van der Waals surface area contributed by atoms with Gasteiger partial charge in [-0.05, 0) is 37.1 Å². The standard InChI is InChI=1S/C17H17FN2O3/c18-11-5-7-12(8-6-11)19-15(21)9-10-20-16(22)13-3-1-2-4-14(13)17(20)23/h1-2,5-8,13-14H,3-4,9-10H2,(H,19,21)/t13-,14-/m1/s1. The minimum atomic E-state index is -0.382. The zero-order valence-corrected chi connectivity index (χ0v) is 12.5. The van der Waals surface area contributed by atoms with Crippen molar-refractivity contribution < 1.29 is 18.8 Å². The van der Waals surface area contributed by atoms with Gasteiger partial charge in [0.1, 0.15) is 5.82 Å². The lowest BCUT2D eigenvalue weighted by Gasteiger charge is -2.14. The molecule has 0 bridgehead atoms. The Labute approximate surface area is 133 Å². The Hall–Kier alpha value is -2.50. The molecule has 0 saturated carbocycles. The number of fused-ring (bicyclic) bond motifs is 1. The third kappa shape index (κ3) is 3.16. The maximum Gasteiger partial charge on any atom is 0.233 e. The first-order valence-electron chi connectivity index (χ1n) is 7.62. The summed E-state index contributed by atoms with van der Waals surface area (Å²) in [4.78, 5) is 37.6. The number of carbonyl (C=O) groups excluding carboxylic acids is 3. The van der Waals surface area contributed by atoms with Crippen LogP contribution < -0.4 is 5.32 Å². The van der Waals surface area contributed by atoms with Crippen molar-refractivity contribution in [3.63, 3.8) is 0 Å². The molecule has 2 aliphatic rings. The summed E-state index contributed by atoms with van der Waals surface area (Å²) in [7, 11) is 0. The van der Waals surface area contributed by atoms with Gasteiger partial charge in [-0.3, -0.25) is 19.3 Å². The van der Waals surface area contributed by atoms with Crippen LogP contribution in [0, 0.1) is 17.7 Å². The van der Waals surface area contributed by atoms with E-state index >= 15 is 0 Å². The first kappa shape index (κ1) is 15.4. The molecule has 0 unspecified atom stereocenters. The van der Waals surface area contributed by atoms with Gasteiger partial charge in [-0.2, -0.15) is 0 Å². The Bertz CT molecular complexity index is 643. The molecule has 120 valence electrons. The highest BCUT2D eigenvalue weighted by Crippen LogP contribution is 2.34. The molecule has 3 rings (SSSR count). The third-order valence-corrected chi connectivity index (χ3v) is 4.29. The summed E-state index contributed by atoms with van der Waals surface area (Å²) < 4.78 is 12.8. The minimum absolute atomic E-state index is 0.0295. The van der Waals surface area contributed by atoms with Gasteiger partial charge in [0.2, 0.25) is 17.7 Å². The second-order valence-electron chi connectivity index (χ2n) is 5.79. The van der Waals surface area contributed by atoms with Crippen LogP contribution in [0.15, 0.2) is 36.4 Å². The molecule has 1 fully saturated rings. The number of nitrogens with one attached hydrogen (secondary N) is 1. The van der Waals surface area contributed by atoms with Gasteiger partial charge < -0.3 is 5.32 Å². The van der Waals surface area contributed by atoms with Crippen molar-refractivity contribution >= 4 is 23.4 Å². The molecule has 2 atom stereocenters. The maximum atomic E-state index is 12.8. The van der Waals surface area contributed by atoms with Gasteiger partial charge in [-0.1, -0.05) is 12.2 Å². The number of rotatable bonds is 4. The van der Waals surface area contributed by atoms with Crippen molar-refractivity contribution in [3.05, 3.63) is 42.2 Å². The normalized spacial score (nSPS) is 23.1. The molecule has 3 amide bonds. The number of allylic oxidation sites excluding steroid dienone is 2. The summed E-state index contributed by atoms with van der Waals surface area (Å²) in [6.45, 7) is 0.0810. The van der Waals surface area contributed by atoms with Gasteiger partial charge in [0.05, 0.1) is 11.8 Å². The van der Waals surface area contributed by atoms with Gasteiger partial charge in [0.15, 0.2) is 0 Å². The van der Waals surface area contributed by atoms with E-state index in [1.54, 1.807) is 0 Å². The summed E-state index contributed by atoms with van der Waals surface area (Å²) in [6, 6.07) is 5.42. The minimum Gasteiger partial charge on any atom is -0.326 e. The number of benzene rings is 1. The molecular weight excluding hydrogens is 299 g/mol. The number of hydrogen-bond acceptors (Lipinski definition) is 3. The van der Waals surface area contributed by atoms with Gasteiger partial charge in [0, 0.05) is 18.7 Å². The number of amides is 3. The number of anilines is 1. The van der Waals surface area contributed by atoms with Crippen LogP contribution >= 0.6 is 0 Å². The molecule has 1 N–H and O–H groups in total. The number of carbonyl (C=O) groups is 3. The maximum absolute atomic E-state index is 12.8. The summed E-state index contributed by atoms with van der Waals surface area (Å²) in [5.74, 6) is -1.60. The number of hydrogen-bond donors (Lipinski definition) is 1. The van der Waals surface area contributed by atoms with Crippen LogP contribution in [0.25, 0.3) is 0 Å². The smallest absolute Gasteiger partial charge is 0.233 e. The second-order valence-corrected chi connectivity index (χ2v) is 5.79. The van der Waals surface area contributed by atoms with Crippen LogP contribution in [0.3, 0.4) is 0 Å². The lowest BCUT2D eigenvalue weighted by molar-refractivity contribution is -0.140. The fourth-order valence-corrected chi connectivity index (χ4v) is 3.06. The molecule has 5 nitrogen and oxygen atoms in total. The first-order valence-corrected chi connectivity index (χ1v) is 7.62. The van der Waals surface area contributed by atoms with E-state index < -0.39 is 0 Å². The monoisotopic (exact) mass is 316 g/mol. The molecule has 0 spiro atoms. The summed E-state index contributed by atoms with van der Waals surface area (Å²) in [5.41, 5.74) is 0.480. The van der Waals surface area contributed by atoms with E-state index in [9.17, 15) is 18.8 Å². The van der Waals surface area contributed by atoms with Gasteiger partial charge in [-0.15, -0.1) is 0 Å². The Morgan fingerprint density at radius 3 is 2.22 bits per heavy atom. The molecule has 1 aliphatic carbocycles. The Morgan fingerprint density at radius 2 is 1.65 bits per heavy atom. The van der Waals surface area contributed by atoms with Crippen LogP contribution in [0.1, 0.15) is 19.3 Å². The molecule has 1 aliphatic heterocycles. The average Bonchev–Trinajstić information content (AvgIpc) is 2.80. The predicted molar refractivity (Wildman–Crippen MR) is 81.7 cm³/mol. The number of likely N-dealkylation sites (tertiary alicyclic amines) is 1. The van der Waals surface area contributed by atoms with Crippen molar-refractivity contribution in [2.24, 2.45) is 11.8 Å². The summed E-state index contributed by atoms with van der Waals surface area (Å²) >= 11 is 0. The zero-order chi connectivity index (χ0) is 16.4. The van der Waals surface area contributed by atoms with E-state index in [4.69, 9.17) is 0 Å². The number of halogens is 1. The largest absolute Gasteiger partial charge is 0.326 e. The van der Waals surface area contributed by atoms with E-state index in [1.807, 2.05) is 12.2 Å². The average molecular weight is 316 g/mol. The predicted octanol–water partition coefficient (Wildman–Crippen LogP) is 2.11. The molecule has 1 saturated heterocycles. The quantitative estimate of drug-likeness (QED) is 0.683. The van der Waals surface area contributed by atoms with E-state index in [1.165, 1.54) is 29.2 Å². The Morgan fingerprint density at radius 1 is 1.09 bits per heavy atom. The molecule has 0 radical (unpaired) electrons. The van der Waals surface area contributed by atoms with Crippen molar-refractivity contribution in [2.45, 2.75) is 19.3 Å². The van der Waals surface area contributed by atoms with E-state index in [0.717, 1.165) is 0 Å². The topological polar surface area (TPSA) is 66.5 Å². The van der Waals surface area contributed by atoms with Crippen molar-refractivity contribution in [1.29, 1.82) is 0 Å². The number of nitrogens with zero attached hydrogens (tertiary/aromatic N) is 1. The highest BCUT2D eigenvalue weighted by atomic mass is 19.1. The Balaban J connectivity index is 1.56. The molecule has 0 aromatic heterocycles. The van der Waals surface area contributed by atoms with Crippen LogP contribution in [0.4, 0.5) is 10.1 Å². The van der Waals surface area contributed by atoms with Crippen molar-refractivity contribution in [1.82, 2.24) is 4.90 Å². The lowest BCUT2D eigenvalue weighted by Crippen LogP contribution is -2.34. The highest BCUT2D eigenvalue weighted by molar-refractivity contribution is 6.05. The zero-order valence-electron chi connectivity index (χ0n) is 12.5. The third-order valence-electron chi connectivity index (χ3n) is 4.29. The fourth-order valence-electron chi connectivity index (χ4n) is 3.06. The molecular formula is C17H17FN2O3. The SMILES string of the molecule is O=C(CCN1C(=O)[C@@H]2CC=CC[C@H]2C1=O)Nc1ccc(F)cc1. The summed E-state index contributed by atoms with van der Waals surface area (Å²) in [5, 5.41) is 2.62. The van der Waals surface area contributed by atoms with Crippen LogP contribution in [0.2, 0.25) is 0 Å². The van der Waals surface area contributed by atoms with Crippen LogP contribution in [-0.4, -0.2) is 29.2 Å². The summed E-state index contributed by atoms with van der Waals surface area (Å²) in [6.07, 6.45) is 5.07. The molecule has 1 aromatic rings. The number of imide groups is 1. The van der Waals surface area contributed by atoms with Gasteiger partial charge in [-0.25, -0.2) is 4.39 Å². The van der Waals surface area contributed by atoms with Gasteiger partial charge >= 0.3 is 0 Å². The highest BCUT2D eigenvalue weighted by Gasteiger charge is 2.46. The van der Waals surface area contributed by atoms with Crippen LogP contribution in [0.5, 0.6) is 0 Å². The molecule has 1 heterocycles. The Kier molecular flexibility index (Phi) is 4.23.